The van der Waals surface area contributed by atoms with Crippen molar-refractivity contribution < 1.29 is 4.79 Å². The van der Waals surface area contributed by atoms with Gasteiger partial charge in [-0.15, -0.1) is 0 Å². The number of rotatable bonds is 3. The van der Waals surface area contributed by atoms with Gasteiger partial charge in [0.05, 0.1) is 22.0 Å². The summed E-state index contributed by atoms with van der Waals surface area (Å²) in [5.41, 5.74) is 2.08. The van der Waals surface area contributed by atoms with Crippen molar-refractivity contribution in [1.82, 2.24) is 9.78 Å². The standard InChI is InChI=1S/C17H13BrClN3O/c1-11-10-15(22(21-11)12-6-3-2-4-7-12)20-17(23)13-8-5-9-14(18)16(13)19/h2-10H,1H3,(H,20,23). The van der Waals surface area contributed by atoms with E-state index in [0.717, 1.165) is 11.4 Å². The minimum absolute atomic E-state index is 0.284. The summed E-state index contributed by atoms with van der Waals surface area (Å²) >= 11 is 9.51. The molecule has 0 unspecified atom stereocenters. The fourth-order valence-electron chi connectivity index (χ4n) is 2.22. The van der Waals surface area contributed by atoms with E-state index in [1.807, 2.05) is 43.3 Å². The first-order valence-corrected chi connectivity index (χ1v) is 8.11. The van der Waals surface area contributed by atoms with Crippen LogP contribution in [0.1, 0.15) is 16.1 Å². The molecule has 1 N–H and O–H groups in total. The van der Waals surface area contributed by atoms with E-state index in [1.165, 1.54) is 0 Å². The molecular weight excluding hydrogens is 378 g/mol. The van der Waals surface area contributed by atoms with Gasteiger partial charge in [0.15, 0.2) is 0 Å². The zero-order valence-electron chi connectivity index (χ0n) is 12.3. The number of halogens is 2. The number of anilines is 1. The van der Waals surface area contributed by atoms with Gasteiger partial charge in [-0.3, -0.25) is 4.79 Å². The summed E-state index contributed by atoms with van der Waals surface area (Å²) in [6.07, 6.45) is 0. The Labute approximate surface area is 147 Å². The Balaban J connectivity index is 1.95. The highest BCUT2D eigenvalue weighted by molar-refractivity contribution is 9.10. The molecule has 2 aromatic carbocycles. The summed E-state index contributed by atoms with van der Waals surface area (Å²) in [7, 11) is 0. The van der Waals surface area contributed by atoms with Gasteiger partial charge in [-0.05, 0) is 47.1 Å². The quantitative estimate of drug-likeness (QED) is 0.695. The van der Waals surface area contributed by atoms with Crippen LogP contribution < -0.4 is 5.32 Å². The Morgan fingerprint density at radius 2 is 1.91 bits per heavy atom. The van der Waals surface area contributed by atoms with Crippen LogP contribution in [0.4, 0.5) is 5.82 Å². The molecule has 23 heavy (non-hydrogen) atoms. The molecule has 0 atom stereocenters. The monoisotopic (exact) mass is 389 g/mol. The number of hydrogen-bond acceptors (Lipinski definition) is 2. The lowest BCUT2D eigenvalue weighted by Crippen LogP contribution is -2.15. The minimum atomic E-state index is -0.284. The average Bonchev–Trinajstić information content (AvgIpc) is 2.91. The third-order valence-electron chi connectivity index (χ3n) is 3.27. The third kappa shape index (κ3) is 3.30. The second kappa shape index (κ2) is 6.56. The van der Waals surface area contributed by atoms with Gasteiger partial charge in [0.25, 0.3) is 5.91 Å². The maximum Gasteiger partial charge on any atom is 0.258 e. The maximum absolute atomic E-state index is 12.5. The van der Waals surface area contributed by atoms with Gasteiger partial charge in [0, 0.05) is 10.5 Å². The van der Waals surface area contributed by atoms with Gasteiger partial charge in [-0.2, -0.15) is 5.10 Å². The molecule has 0 aliphatic rings. The molecule has 1 amide bonds. The molecule has 0 aliphatic heterocycles. The molecule has 1 aromatic heterocycles. The van der Waals surface area contributed by atoms with Crippen molar-refractivity contribution in [2.75, 3.05) is 5.32 Å². The van der Waals surface area contributed by atoms with E-state index in [9.17, 15) is 4.79 Å². The topological polar surface area (TPSA) is 46.9 Å². The van der Waals surface area contributed by atoms with Crippen LogP contribution in [0.25, 0.3) is 5.69 Å². The first kappa shape index (κ1) is 15.8. The number of nitrogens with zero attached hydrogens (tertiary/aromatic N) is 2. The SMILES string of the molecule is Cc1cc(NC(=O)c2cccc(Br)c2Cl)n(-c2ccccc2)n1. The number of benzene rings is 2. The van der Waals surface area contributed by atoms with E-state index in [0.29, 0.717) is 20.9 Å². The van der Waals surface area contributed by atoms with Crippen molar-refractivity contribution in [2.24, 2.45) is 0 Å². The molecule has 0 bridgehead atoms. The number of para-hydroxylation sites is 1. The van der Waals surface area contributed by atoms with Crippen LogP contribution in [0, 0.1) is 6.92 Å². The number of amides is 1. The van der Waals surface area contributed by atoms with Gasteiger partial charge < -0.3 is 5.32 Å². The second-order valence-electron chi connectivity index (χ2n) is 4.97. The highest BCUT2D eigenvalue weighted by Crippen LogP contribution is 2.27. The summed E-state index contributed by atoms with van der Waals surface area (Å²) in [5.74, 6) is 0.308. The van der Waals surface area contributed by atoms with Crippen LogP contribution in [0.15, 0.2) is 59.1 Å². The number of carbonyl (C=O) groups is 1. The van der Waals surface area contributed by atoms with E-state index in [1.54, 1.807) is 22.9 Å². The summed E-state index contributed by atoms with van der Waals surface area (Å²) in [6.45, 7) is 1.88. The van der Waals surface area contributed by atoms with Crippen LogP contribution in [0.2, 0.25) is 5.02 Å². The smallest absolute Gasteiger partial charge is 0.258 e. The average molecular weight is 391 g/mol. The Morgan fingerprint density at radius 1 is 1.17 bits per heavy atom. The lowest BCUT2D eigenvalue weighted by Gasteiger charge is -2.10. The van der Waals surface area contributed by atoms with Gasteiger partial charge >= 0.3 is 0 Å². The lowest BCUT2D eigenvalue weighted by molar-refractivity contribution is 0.102. The molecule has 4 nitrogen and oxygen atoms in total. The Bertz CT molecular complexity index is 862. The molecule has 0 radical (unpaired) electrons. The molecule has 0 spiro atoms. The molecule has 0 saturated heterocycles. The van der Waals surface area contributed by atoms with Gasteiger partial charge in [-0.25, -0.2) is 4.68 Å². The summed E-state index contributed by atoms with van der Waals surface area (Å²) < 4.78 is 2.37. The number of aryl methyl sites for hydroxylation is 1. The van der Waals surface area contributed by atoms with Crippen LogP contribution >= 0.6 is 27.5 Å². The predicted octanol–water partition coefficient (Wildman–Crippen LogP) is 4.85. The molecule has 6 heteroatoms. The predicted molar refractivity (Wildman–Crippen MR) is 95.4 cm³/mol. The van der Waals surface area contributed by atoms with E-state index in [-0.39, 0.29) is 5.91 Å². The number of hydrogen-bond donors (Lipinski definition) is 1. The fraction of sp³-hybridized carbons (Fsp3) is 0.0588. The first-order chi connectivity index (χ1) is 11.1. The second-order valence-corrected chi connectivity index (χ2v) is 6.21. The van der Waals surface area contributed by atoms with E-state index < -0.39 is 0 Å². The van der Waals surface area contributed by atoms with Crippen molar-refractivity contribution in [3.8, 4) is 5.69 Å². The zero-order valence-corrected chi connectivity index (χ0v) is 14.6. The molecule has 3 aromatic rings. The normalized spacial score (nSPS) is 10.6. The van der Waals surface area contributed by atoms with Gasteiger partial charge in [-0.1, -0.05) is 35.9 Å². The van der Waals surface area contributed by atoms with Crippen molar-refractivity contribution >= 4 is 39.3 Å². The van der Waals surface area contributed by atoms with Crippen LogP contribution in [-0.2, 0) is 0 Å². The van der Waals surface area contributed by atoms with Gasteiger partial charge in [0.2, 0.25) is 0 Å². The number of nitrogens with one attached hydrogen (secondary N) is 1. The van der Waals surface area contributed by atoms with Crippen LogP contribution in [-0.4, -0.2) is 15.7 Å². The highest BCUT2D eigenvalue weighted by atomic mass is 79.9. The third-order valence-corrected chi connectivity index (χ3v) is 4.57. The van der Waals surface area contributed by atoms with Crippen molar-refractivity contribution in [1.29, 1.82) is 0 Å². The summed E-state index contributed by atoms with van der Waals surface area (Å²) in [6, 6.07) is 16.7. The Morgan fingerprint density at radius 3 is 2.65 bits per heavy atom. The van der Waals surface area contributed by atoms with Crippen LogP contribution in [0.3, 0.4) is 0 Å². The summed E-state index contributed by atoms with van der Waals surface area (Å²) in [4.78, 5) is 12.5. The van der Waals surface area contributed by atoms with Crippen molar-refractivity contribution in [3.63, 3.8) is 0 Å². The molecule has 0 aliphatic carbocycles. The van der Waals surface area contributed by atoms with Crippen molar-refractivity contribution in [2.45, 2.75) is 6.92 Å². The van der Waals surface area contributed by atoms with E-state index in [2.05, 4.69) is 26.3 Å². The largest absolute Gasteiger partial charge is 0.306 e. The Hall–Kier alpha value is -2.11. The van der Waals surface area contributed by atoms with Crippen molar-refractivity contribution in [3.05, 3.63) is 75.4 Å². The molecule has 0 saturated carbocycles. The Kier molecular flexibility index (Phi) is 4.50. The fourth-order valence-corrected chi connectivity index (χ4v) is 2.80. The number of carbonyl (C=O) groups excluding carboxylic acids is 1. The number of aromatic nitrogens is 2. The lowest BCUT2D eigenvalue weighted by atomic mass is 10.2. The molecular formula is C17H13BrClN3O. The minimum Gasteiger partial charge on any atom is -0.306 e. The highest BCUT2D eigenvalue weighted by Gasteiger charge is 2.15. The molecule has 3 rings (SSSR count). The van der Waals surface area contributed by atoms with Gasteiger partial charge in [0.1, 0.15) is 5.82 Å². The molecule has 116 valence electrons. The zero-order chi connectivity index (χ0) is 16.4. The van der Waals surface area contributed by atoms with E-state index >= 15 is 0 Å². The van der Waals surface area contributed by atoms with Crippen LogP contribution in [0.5, 0.6) is 0 Å². The first-order valence-electron chi connectivity index (χ1n) is 6.93. The molecule has 1 heterocycles. The summed E-state index contributed by atoms with van der Waals surface area (Å²) in [5, 5.41) is 7.68. The molecule has 0 fully saturated rings. The maximum atomic E-state index is 12.5. The van der Waals surface area contributed by atoms with E-state index in [4.69, 9.17) is 11.6 Å².